The van der Waals surface area contributed by atoms with Crippen molar-refractivity contribution in [2.24, 2.45) is 7.05 Å². The number of hydrogen-bond donors (Lipinski definition) is 0. The van der Waals surface area contributed by atoms with Gasteiger partial charge in [0.1, 0.15) is 5.75 Å². The number of aldehydes is 1. The van der Waals surface area contributed by atoms with E-state index in [9.17, 15) is 18.0 Å². The molecule has 0 amide bonds. The van der Waals surface area contributed by atoms with Crippen LogP contribution in [0.15, 0.2) is 18.2 Å². The van der Waals surface area contributed by atoms with Crippen LogP contribution in [0.25, 0.3) is 11.1 Å². The first-order valence-corrected chi connectivity index (χ1v) is 6.08. The van der Waals surface area contributed by atoms with Gasteiger partial charge in [0.2, 0.25) is 0 Å². The molecule has 112 valence electrons. The van der Waals surface area contributed by atoms with Crippen molar-refractivity contribution >= 4 is 6.29 Å². The van der Waals surface area contributed by atoms with E-state index in [1.165, 1.54) is 12.1 Å². The summed E-state index contributed by atoms with van der Waals surface area (Å²) in [4.78, 5) is 11.0. The zero-order chi connectivity index (χ0) is 15.8. The Hall–Kier alpha value is -2.31. The number of aromatic nitrogens is 2. The van der Waals surface area contributed by atoms with Gasteiger partial charge < -0.3 is 4.74 Å². The fraction of sp³-hybridized carbons (Fsp3) is 0.286. The van der Waals surface area contributed by atoms with Crippen LogP contribution in [0.1, 0.15) is 21.7 Å². The molecule has 2 rings (SSSR count). The Bertz CT molecular complexity index is 690. The molecule has 21 heavy (non-hydrogen) atoms. The van der Waals surface area contributed by atoms with E-state index in [0.717, 1.165) is 23.0 Å². The smallest absolute Gasteiger partial charge is 0.405 e. The second-order valence-corrected chi connectivity index (χ2v) is 4.59. The lowest BCUT2D eigenvalue weighted by Gasteiger charge is -2.12. The molecule has 0 spiro atoms. The van der Waals surface area contributed by atoms with Crippen LogP contribution in [0.3, 0.4) is 0 Å². The molecule has 0 N–H and O–H groups in total. The normalized spacial score (nSPS) is 11.5. The maximum absolute atomic E-state index is 12.3. The number of nitrogens with zero attached hydrogens (tertiary/aromatic N) is 2. The number of rotatable bonds is 3. The van der Waals surface area contributed by atoms with Gasteiger partial charge in [-0.15, -0.1) is 13.2 Å². The molecular weight excluding hydrogens is 285 g/mol. The molecular formula is C14H13F3N2O2. The highest BCUT2D eigenvalue weighted by Crippen LogP contribution is 2.32. The Balaban J connectivity index is 2.51. The maximum atomic E-state index is 12.3. The Morgan fingerprint density at radius 2 is 1.95 bits per heavy atom. The van der Waals surface area contributed by atoms with E-state index in [0.29, 0.717) is 11.8 Å². The number of carbonyl (C=O) groups excluding carboxylic acids is 1. The standard InChI is InChI=1S/C14H13F3N2O2/c1-8-13(9(2)19(3)18-8)10-4-5-12(11(6-10)7-20)21-14(15,16)17/h4-7H,1-3H3. The SMILES string of the molecule is Cc1nn(C)c(C)c1-c1ccc(OC(F)(F)F)c(C=O)c1. The maximum Gasteiger partial charge on any atom is 0.573 e. The summed E-state index contributed by atoms with van der Waals surface area (Å²) in [7, 11) is 1.77. The fourth-order valence-corrected chi connectivity index (χ4v) is 2.21. The Kier molecular flexibility index (Phi) is 3.76. The van der Waals surface area contributed by atoms with E-state index in [-0.39, 0.29) is 5.56 Å². The van der Waals surface area contributed by atoms with Gasteiger partial charge in [0, 0.05) is 18.3 Å². The molecule has 0 aliphatic carbocycles. The van der Waals surface area contributed by atoms with Gasteiger partial charge in [0.05, 0.1) is 11.3 Å². The summed E-state index contributed by atoms with van der Waals surface area (Å²) < 4.78 is 42.3. The molecule has 0 bridgehead atoms. The van der Waals surface area contributed by atoms with Gasteiger partial charge in [0.15, 0.2) is 6.29 Å². The quantitative estimate of drug-likeness (QED) is 0.816. The zero-order valence-corrected chi connectivity index (χ0v) is 11.7. The molecule has 7 heteroatoms. The van der Waals surface area contributed by atoms with Gasteiger partial charge in [-0.25, -0.2) is 0 Å². The number of aryl methyl sites for hydroxylation is 2. The molecule has 1 aromatic carbocycles. The van der Waals surface area contributed by atoms with E-state index >= 15 is 0 Å². The van der Waals surface area contributed by atoms with Crippen LogP contribution in [-0.2, 0) is 7.05 Å². The van der Waals surface area contributed by atoms with Crippen LogP contribution >= 0.6 is 0 Å². The van der Waals surface area contributed by atoms with E-state index in [1.54, 1.807) is 18.7 Å². The molecule has 4 nitrogen and oxygen atoms in total. The third kappa shape index (κ3) is 3.07. The summed E-state index contributed by atoms with van der Waals surface area (Å²) in [6, 6.07) is 3.98. The lowest BCUT2D eigenvalue weighted by Crippen LogP contribution is -2.18. The van der Waals surface area contributed by atoms with Crippen molar-refractivity contribution in [2.75, 3.05) is 0 Å². The van der Waals surface area contributed by atoms with Crippen LogP contribution in [0.5, 0.6) is 5.75 Å². The Morgan fingerprint density at radius 3 is 2.43 bits per heavy atom. The van der Waals surface area contributed by atoms with Gasteiger partial charge >= 0.3 is 6.36 Å². The summed E-state index contributed by atoms with van der Waals surface area (Å²) in [5.41, 5.74) is 2.84. The highest BCUT2D eigenvalue weighted by atomic mass is 19.4. The average molecular weight is 298 g/mol. The Morgan fingerprint density at radius 1 is 1.29 bits per heavy atom. The predicted molar refractivity (Wildman–Crippen MR) is 70.2 cm³/mol. The van der Waals surface area contributed by atoms with Gasteiger partial charge in [-0.2, -0.15) is 5.10 Å². The zero-order valence-electron chi connectivity index (χ0n) is 11.7. The van der Waals surface area contributed by atoms with Crippen LogP contribution in [0.2, 0.25) is 0 Å². The Labute approximate surface area is 119 Å². The number of halogens is 3. The second kappa shape index (κ2) is 5.23. The van der Waals surface area contributed by atoms with Gasteiger partial charge in [-0.1, -0.05) is 6.07 Å². The molecule has 1 heterocycles. The minimum atomic E-state index is -4.83. The largest absolute Gasteiger partial charge is 0.573 e. The summed E-state index contributed by atoms with van der Waals surface area (Å²) in [6.45, 7) is 3.64. The van der Waals surface area contributed by atoms with Crippen molar-refractivity contribution < 1.29 is 22.7 Å². The summed E-state index contributed by atoms with van der Waals surface area (Å²) in [5, 5.41) is 4.24. The number of benzene rings is 1. The molecule has 0 aliphatic heterocycles. The second-order valence-electron chi connectivity index (χ2n) is 4.59. The molecule has 0 radical (unpaired) electrons. The summed E-state index contributed by atoms with van der Waals surface area (Å²) in [5.74, 6) is -0.513. The van der Waals surface area contributed by atoms with E-state index in [4.69, 9.17) is 0 Å². The monoisotopic (exact) mass is 298 g/mol. The average Bonchev–Trinajstić information content (AvgIpc) is 2.62. The van der Waals surface area contributed by atoms with Crippen molar-refractivity contribution in [1.82, 2.24) is 9.78 Å². The van der Waals surface area contributed by atoms with Crippen LogP contribution < -0.4 is 4.74 Å². The molecule has 1 aromatic heterocycles. The lowest BCUT2D eigenvalue weighted by molar-refractivity contribution is -0.274. The number of carbonyl (C=O) groups is 1. The minimum Gasteiger partial charge on any atom is -0.405 e. The van der Waals surface area contributed by atoms with Gasteiger partial charge in [-0.3, -0.25) is 9.48 Å². The van der Waals surface area contributed by atoms with E-state index < -0.39 is 12.1 Å². The molecule has 0 saturated heterocycles. The van der Waals surface area contributed by atoms with Gasteiger partial charge in [-0.05, 0) is 31.5 Å². The van der Waals surface area contributed by atoms with Crippen molar-refractivity contribution in [1.29, 1.82) is 0 Å². The molecule has 0 aliphatic rings. The topological polar surface area (TPSA) is 44.1 Å². The van der Waals surface area contributed by atoms with Crippen molar-refractivity contribution in [3.8, 4) is 16.9 Å². The number of hydrogen-bond acceptors (Lipinski definition) is 3. The summed E-state index contributed by atoms with van der Waals surface area (Å²) in [6.07, 6.45) is -4.50. The first-order valence-electron chi connectivity index (χ1n) is 6.08. The van der Waals surface area contributed by atoms with E-state index in [1.807, 2.05) is 6.92 Å². The number of ether oxygens (including phenoxy) is 1. The molecule has 0 unspecified atom stereocenters. The first-order chi connectivity index (χ1) is 9.73. The molecule has 2 aromatic rings. The highest BCUT2D eigenvalue weighted by Gasteiger charge is 2.32. The number of alkyl halides is 3. The molecule has 0 atom stereocenters. The van der Waals surface area contributed by atoms with Crippen molar-refractivity contribution in [2.45, 2.75) is 20.2 Å². The lowest BCUT2D eigenvalue weighted by atomic mass is 10.0. The molecule has 0 fully saturated rings. The predicted octanol–water partition coefficient (Wildman–Crippen LogP) is 3.42. The summed E-state index contributed by atoms with van der Waals surface area (Å²) >= 11 is 0. The van der Waals surface area contributed by atoms with Crippen molar-refractivity contribution in [3.05, 3.63) is 35.2 Å². The van der Waals surface area contributed by atoms with Crippen LogP contribution in [-0.4, -0.2) is 22.4 Å². The third-order valence-electron chi connectivity index (χ3n) is 3.16. The van der Waals surface area contributed by atoms with Gasteiger partial charge in [0.25, 0.3) is 0 Å². The van der Waals surface area contributed by atoms with Crippen LogP contribution in [0, 0.1) is 13.8 Å². The van der Waals surface area contributed by atoms with Crippen molar-refractivity contribution in [3.63, 3.8) is 0 Å². The third-order valence-corrected chi connectivity index (χ3v) is 3.16. The first kappa shape index (κ1) is 15.1. The van der Waals surface area contributed by atoms with E-state index in [2.05, 4.69) is 9.84 Å². The molecule has 0 saturated carbocycles. The minimum absolute atomic E-state index is 0.160. The fourth-order valence-electron chi connectivity index (χ4n) is 2.21. The highest BCUT2D eigenvalue weighted by molar-refractivity contribution is 5.83. The van der Waals surface area contributed by atoms with Crippen LogP contribution in [0.4, 0.5) is 13.2 Å².